The van der Waals surface area contributed by atoms with Gasteiger partial charge in [-0.2, -0.15) is 0 Å². The van der Waals surface area contributed by atoms with Gasteiger partial charge in [0.1, 0.15) is 17.2 Å². The van der Waals surface area contributed by atoms with Crippen molar-refractivity contribution < 1.29 is 4.79 Å². The van der Waals surface area contributed by atoms with Gasteiger partial charge >= 0.3 is 0 Å². The molecule has 2 heterocycles. The van der Waals surface area contributed by atoms with Gasteiger partial charge in [-0.3, -0.25) is 4.79 Å². The number of hydrogen-bond acceptors (Lipinski definition) is 5. The van der Waals surface area contributed by atoms with E-state index in [0.29, 0.717) is 11.7 Å². The van der Waals surface area contributed by atoms with Crippen molar-refractivity contribution in [2.45, 2.75) is 31.7 Å². The SMILES string of the molecule is Cc1cccc(NC(=O)CSc2cc(N3CCC[C@@H](C)C3)ncn2)c1. The number of aryl methyl sites for hydroxylation is 1. The first-order chi connectivity index (χ1) is 12.1. The predicted octanol–water partition coefficient (Wildman–Crippen LogP) is 3.75. The molecule has 1 amide bonds. The molecule has 0 bridgehead atoms. The van der Waals surface area contributed by atoms with Crippen molar-refractivity contribution in [1.29, 1.82) is 0 Å². The fourth-order valence-corrected chi connectivity index (χ4v) is 3.70. The topological polar surface area (TPSA) is 58.1 Å². The van der Waals surface area contributed by atoms with Crippen molar-refractivity contribution in [2.24, 2.45) is 5.92 Å². The zero-order chi connectivity index (χ0) is 17.6. The van der Waals surface area contributed by atoms with Crippen LogP contribution in [0, 0.1) is 12.8 Å². The molecule has 132 valence electrons. The minimum Gasteiger partial charge on any atom is -0.356 e. The molecule has 1 fully saturated rings. The van der Waals surface area contributed by atoms with Crippen LogP contribution in [0.4, 0.5) is 11.5 Å². The summed E-state index contributed by atoms with van der Waals surface area (Å²) in [6.45, 7) is 6.36. The highest BCUT2D eigenvalue weighted by Crippen LogP contribution is 2.24. The summed E-state index contributed by atoms with van der Waals surface area (Å²) in [6, 6.07) is 9.80. The molecule has 1 saturated heterocycles. The Balaban J connectivity index is 1.56. The highest BCUT2D eigenvalue weighted by molar-refractivity contribution is 7.99. The molecule has 1 atom stereocenters. The number of anilines is 2. The Hall–Kier alpha value is -2.08. The van der Waals surface area contributed by atoms with Gasteiger partial charge in [0.05, 0.1) is 5.75 Å². The van der Waals surface area contributed by atoms with Crippen LogP contribution in [0.3, 0.4) is 0 Å². The molecule has 5 nitrogen and oxygen atoms in total. The minimum atomic E-state index is -0.0256. The number of nitrogens with zero attached hydrogens (tertiary/aromatic N) is 3. The van der Waals surface area contributed by atoms with Gasteiger partial charge in [-0.15, -0.1) is 0 Å². The third-order valence-electron chi connectivity index (χ3n) is 4.26. The van der Waals surface area contributed by atoms with Gasteiger partial charge in [-0.25, -0.2) is 9.97 Å². The maximum absolute atomic E-state index is 12.1. The van der Waals surface area contributed by atoms with Gasteiger partial charge in [0, 0.05) is 24.8 Å². The number of carbonyl (C=O) groups excluding carboxylic acids is 1. The molecule has 1 aromatic heterocycles. The molecule has 25 heavy (non-hydrogen) atoms. The summed E-state index contributed by atoms with van der Waals surface area (Å²) in [4.78, 5) is 23.1. The van der Waals surface area contributed by atoms with Gasteiger partial charge in [-0.05, 0) is 43.4 Å². The maximum Gasteiger partial charge on any atom is 0.234 e. The zero-order valence-electron chi connectivity index (χ0n) is 14.7. The van der Waals surface area contributed by atoms with Crippen LogP contribution in [0.1, 0.15) is 25.3 Å². The monoisotopic (exact) mass is 356 g/mol. The average molecular weight is 356 g/mol. The molecule has 0 aliphatic carbocycles. The lowest BCUT2D eigenvalue weighted by Gasteiger charge is -2.31. The molecule has 1 aliphatic heterocycles. The average Bonchev–Trinajstić information content (AvgIpc) is 2.60. The molecule has 6 heteroatoms. The molecule has 3 rings (SSSR count). The Bertz CT molecular complexity index is 737. The quantitative estimate of drug-likeness (QED) is 0.653. The van der Waals surface area contributed by atoms with Crippen LogP contribution in [0.5, 0.6) is 0 Å². The van der Waals surface area contributed by atoms with Crippen LogP contribution in [-0.2, 0) is 4.79 Å². The second-order valence-electron chi connectivity index (χ2n) is 6.61. The van der Waals surface area contributed by atoms with E-state index in [-0.39, 0.29) is 5.91 Å². The summed E-state index contributed by atoms with van der Waals surface area (Å²) >= 11 is 1.44. The fourth-order valence-electron chi connectivity index (χ4n) is 3.04. The largest absolute Gasteiger partial charge is 0.356 e. The van der Waals surface area contributed by atoms with Crippen molar-refractivity contribution in [3.8, 4) is 0 Å². The molecular weight excluding hydrogens is 332 g/mol. The Labute approximate surface area is 153 Å². The number of hydrogen-bond donors (Lipinski definition) is 1. The molecule has 1 aromatic carbocycles. The van der Waals surface area contributed by atoms with Crippen LogP contribution in [0.25, 0.3) is 0 Å². The van der Waals surface area contributed by atoms with Crippen LogP contribution >= 0.6 is 11.8 Å². The Morgan fingerprint density at radius 1 is 1.36 bits per heavy atom. The van der Waals surface area contributed by atoms with E-state index in [2.05, 4.69) is 27.1 Å². The lowest BCUT2D eigenvalue weighted by Crippen LogP contribution is -2.34. The highest BCUT2D eigenvalue weighted by Gasteiger charge is 2.18. The van der Waals surface area contributed by atoms with E-state index in [1.807, 2.05) is 37.3 Å². The van der Waals surface area contributed by atoms with Gasteiger partial charge in [0.2, 0.25) is 5.91 Å². The molecule has 1 N–H and O–H groups in total. The molecule has 0 unspecified atom stereocenters. The first-order valence-corrected chi connectivity index (χ1v) is 9.65. The summed E-state index contributed by atoms with van der Waals surface area (Å²) in [5, 5.41) is 3.76. The van der Waals surface area contributed by atoms with Gasteiger partial charge < -0.3 is 10.2 Å². The standard InChI is InChI=1S/C19H24N4OS/c1-14-5-3-7-16(9-14)22-18(24)12-25-19-10-17(20-13-21-19)23-8-4-6-15(2)11-23/h3,5,7,9-10,13,15H,4,6,8,11-12H2,1-2H3,(H,22,24)/t15-/m1/s1. The van der Waals surface area contributed by atoms with Crippen molar-refractivity contribution in [3.63, 3.8) is 0 Å². The Morgan fingerprint density at radius 2 is 2.24 bits per heavy atom. The zero-order valence-corrected chi connectivity index (χ0v) is 15.6. The van der Waals surface area contributed by atoms with Crippen molar-refractivity contribution >= 4 is 29.2 Å². The number of piperidine rings is 1. The number of thioether (sulfide) groups is 1. The summed E-state index contributed by atoms with van der Waals surface area (Å²) in [6.07, 6.45) is 4.07. The van der Waals surface area contributed by atoms with Crippen LogP contribution in [-0.4, -0.2) is 34.7 Å². The first kappa shape index (κ1) is 17.7. The Kier molecular flexibility index (Phi) is 5.91. The Morgan fingerprint density at radius 3 is 3.04 bits per heavy atom. The highest BCUT2D eigenvalue weighted by atomic mass is 32.2. The van der Waals surface area contributed by atoms with Crippen molar-refractivity contribution in [3.05, 3.63) is 42.2 Å². The number of rotatable bonds is 5. The van der Waals surface area contributed by atoms with Crippen LogP contribution < -0.4 is 10.2 Å². The minimum absolute atomic E-state index is 0.0256. The molecule has 0 spiro atoms. The first-order valence-electron chi connectivity index (χ1n) is 8.66. The molecule has 0 saturated carbocycles. The van der Waals surface area contributed by atoms with Crippen molar-refractivity contribution in [1.82, 2.24) is 9.97 Å². The fraction of sp³-hybridized carbons (Fsp3) is 0.421. The molecular formula is C19H24N4OS. The van der Waals surface area contributed by atoms with E-state index in [4.69, 9.17) is 0 Å². The second-order valence-corrected chi connectivity index (χ2v) is 7.61. The van der Waals surface area contributed by atoms with E-state index in [1.54, 1.807) is 6.33 Å². The normalized spacial score (nSPS) is 17.4. The van der Waals surface area contributed by atoms with Gasteiger partial charge in [-0.1, -0.05) is 30.8 Å². The number of aromatic nitrogens is 2. The van der Waals surface area contributed by atoms with E-state index < -0.39 is 0 Å². The lowest BCUT2D eigenvalue weighted by molar-refractivity contribution is -0.113. The summed E-state index contributed by atoms with van der Waals surface area (Å²) in [5.41, 5.74) is 1.96. The summed E-state index contributed by atoms with van der Waals surface area (Å²) < 4.78 is 0. The second kappa shape index (κ2) is 8.34. The molecule has 1 aliphatic rings. The van der Waals surface area contributed by atoms with Crippen LogP contribution in [0.15, 0.2) is 41.7 Å². The van der Waals surface area contributed by atoms with Gasteiger partial charge in [0.15, 0.2) is 0 Å². The van der Waals surface area contributed by atoms with E-state index >= 15 is 0 Å². The predicted molar refractivity (Wildman–Crippen MR) is 103 cm³/mol. The number of benzene rings is 1. The number of amides is 1. The maximum atomic E-state index is 12.1. The lowest BCUT2D eigenvalue weighted by atomic mass is 10.0. The smallest absolute Gasteiger partial charge is 0.234 e. The van der Waals surface area contributed by atoms with E-state index in [0.717, 1.165) is 35.2 Å². The van der Waals surface area contributed by atoms with Gasteiger partial charge in [0.25, 0.3) is 0 Å². The molecule has 0 radical (unpaired) electrons. The third kappa shape index (κ3) is 5.19. The van der Waals surface area contributed by atoms with E-state index in [1.165, 1.54) is 24.6 Å². The number of carbonyl (C=O) groups is 1. The van der Waals surface area contributed by atoms with Crippen LogP contribution in [0.2, 0.25) is 0 Å². The number of nitrogens with one attached hydrogen (secondary N) is 1. The summed E-state index contributed by atoms with van der Waals surface area (Å²) in [5.74, 6) is 1.96. The van der Waals surface area contributed by atoms with E-state index in [9.17, 15) is 4.79 Å². The van der Waals surface area contributed by atoms with Crippen molar-refractivity contribution in [2.75, 3.05) is 29.1 Å². The summed E-state index contributed by atoms with van der Waals surface area (Å²) in [7, 11) is 0. The third-order valence-corrected chi connectivity index (χ3v) is 5.19. The molecule has 2 aromatic rings.